The van der Waals surface area contributed by atoms with Crippen molar-refractivity contribution in [1.29, 1.82) is 0 Å². The van der Waals surface area contributed by atoms with Crippen LogP contribution in [0.2, 0.25) is 0 Å². The second-order valence-corrected chi connectivity index (χ2v) is 7.66. The summed E-state index contributed by atoms with van der Waals surface area (Å²) in [6, 6.07) is 8.34. The van der Waals surface area contributed by atoms with Gasteiger partial charge in [-0.25, -0.2) is 9.97 Å². The number of para-hydroxylation sites is 1. The topological polar surface area (TPSA) is 66.9 Å². The largest absolute Gasteiger partial charge is 0.366 e. The minimum absolute atomic E-state index is 0.0510. The normalized spacial score (nSPS) is 15.2. The van der Waals surface area contributed by atoms with Gasteiger partial charge in [-0.05, 0) is 29.9 Å². The molecule has 0 spiro atoms. The fourth-order valence-electron chi connectivity index (χ4n) is 3.23. The highest BCUT2D eigenvalue weighted by atomic mass is 16.1. The molecule has 0 radical (unpaired) electrons. The van der Waals surface area contributed by atoms with Crippen molar-refractivity contribution in [1.82, 2.24) is 9.97 Å². The molecule has 5 nitrogen and oxygen atoms in total. The Morgan fingerprint density at radius 2 is 1.80 bits per heavy atom. The third-order valence-electron chi connectivity index (χ3n) is 4.57. The molecule has 1 fully saturated rings. The molecule has 25 heavy (non-hydrogen) atoms. The van der Waals surface area contributed by atoms with E-state index in [4.69, 9.17) is 0 Å². The van der Waals surface area contributed by atoms with Crippen LogP contribution in [-0.4, -0.2) is 21.9 Å². The van der Waals surface area contributed by atoms with E-state index in [2.05, 4.69) is 41.4 Å². The summed E-state index contributed by atoms with van der Waals surface area (Å²) in [5.74, 6) is 0.496. The Kier molecular flexibility index (Phi) is 5.02. The van der Waals surface area contributed by atoms with Crippen molar-refractivity contribution in [3.05, 3.63) is 47.9 Å². The lowest BCUT2D eigenvalue weighted by atomic mass is 9.86. The van der Waals surface area contributed by atoms with Crippen LogP contribution in [-0.2, 0) is 5.41 Å². The van der Waals surface area contributed by atoms with Gasteiger partial charge < -0.3 is 10.6 Å². The van der Waals surface area contributed by atoms with E-state index >= 15 is 0 Å². The maximum absolute atomic E-state index is 12.5. The smallest absolute Gasteiger partial charge is 0.275 e. The Labute approximate surface area is 149 Å². The van der Waals surface area contributed by atoms with Crippen molar-refractivity contribution in [2.75, 3.05) is 10.6 Å². The van der Waals surface area contributed by atoms with Crippen LogP contribution < -0.4 is 10.6 Å². The Bertz CT molecular complexity index is 728. The third-order valence-corrected chi connectivity index (χ3v) is 4.57. The van der Waals surface area contributed by atoms with E-state index in [1.54, 1.807) is 6.20 Å². The molecular weight excluding hydrogens is 312 g/mol. The first-order chi connectivity index (χ1) is 11.9. The number of anilines is 2. The van der Waals surface area contributed by atoms with Crippen LogP contribution in [0.3, 0.4) is 0 Å². The summed E-state index contributed by atoms with van der Waals surface area (Å²) in [6.07, 6.45) is 8.05. The molecule has 0 saturated heterocycles. The first kappa shape index (κ1) is 17.4. The van der Waals surface area contributed by atoms with Gasteiger partial charge in [0, 0.05) is 11.7 Å². The minimum Gasteiger partial charge on any atom is -0.366 e. The number of amides is 1. The third kappa shape index (κ3) is 4.35. The molecule has 0 unspecified atom stereocenters. The summed E-state index contributed by atoms with van der Waals surface area (Å²) in [5.41, 5.74) is 2.18. The monoisotopic (exact) mass is 338 g/mol. The zero-order valence-corrected chi connectivity index (χ0v) is 15.2. The predicted molar refractivity (Wildman–Crippen MR) is 101 cm³/mol. The SMILES string of the molecule is CC(C)(C)c1ccccc1NC(=O)c1cnc(NC2CCCC2)cn1. The molecule has 1 aliphatic carbocycles. The second kappa shape index (κ2) is 7.21. The van der Waals surface area contributed by atoms with Crippen LogP contribution >= 0.6 is 0 Å². The van der Waals surface area contributed by atoms with Crippen LogP contribution in [0.15, 0.2) is 36.7 Å². The van der Waals surface area contributed by atoms with Crippen molar-refractivity contribution < 1.29 is 4.79 Å². The molecule has 0 bridgehead atoms. The number of hydrogen-bond acceptors (Lipinski definition) is 4. The maximum Gasteiger partial charge on any atom is 0.275 e. The van der Waals surface area contributed by atoms with Gasteiger partial charge >= 0.3 is 0 Å². The molecule has 1 heterocycles. The minimum atomic E-state index is -0.239. The van der Waals surface area contributed by atoms with Gasteiger partial charge in [-0.3, -0.25) is 4.79 Å². The average molecular weight is 338 g/mol. The Morgan fingerprint density at radius 1 is 1.08 bits per heavy atom. The van der Waals surface area contributed by atoms with Crippen LogP contribution in [0, 0.1) is 0 Å². The molecule has 1 aliphatic rings. The van der Waals surface area contributed by atoms with Crippen molar-refractivity contribution in [3.8, 4) is 0 Å². The summed E-state index contributed by atoms with van der Waals surface area (Å²) in [5, 5.41) is 6.34. The lowest BCUT2D eigenvalue weighted by molar-refractivity contribution is 0.102. The van der Waals surface area contributed by atoms with E-state index in [0.717, 1.165) is 17.1 Å². The van der Waals surface area contributed by atoms with Gasteiger partial charge in [0.15, 0.2) is 0 Å². The van der Waals surface area contributed by atoms with Gasteiger partial charge in [0.25, 0.3) is 5.91 Å². The van der Waals surface area contributed by atoms with Gasteiger partial charge in [-0.1, -0.05) is 51.8 Å². The van der Waals surface area contributed by atoms with Crippen molar-refractivity contribution >= 4 is 17.4 Å². The molecule has 1 aromatic heterocycles. The Balaban J connectivity index is 1.69. The molecule has 5 heteroatoms. The van der Waals surface area contributed by atoms with E-state index in [9.17, 15) is 4.79 Å². The van der Waals surface area contributed by atoms with E-state index in [-0.39, 0.29) is 11.3 Å². The fourth-order valence-corrected chi connectivity index (χ4v) is 3.23. The molecule has 0 aliphatic heterocycles. The highest BCUT2D eigenvalue weighted by molar-refractivity contribution is 6.03. The quantitative estimate of drug-likeness (QED) is 0.868. The van der Waals surface area contributed by atoms with Crippen LogP contribution in [0.25, 0.3) is 0 Å². The predicted octanol–water partition coefficient (Wildman–Crippen LogP) is 4.38. The van der Waals surface area contributed by atoms with E-state index < -0.39 is 0 Å². The van der Waals surface area contributed by atoms with E-state index in [1.807, 2.05) is 24.3 Å². The van der Waals surface area contributed by atoms with Gasteiger partial charge in [0.2, 0.25) is 0 Å². The summed E-state index contributed by atoms with van der Waals surface area (Å²) >= 11 is 0. The zero-order valence-electron chi connectivity index (χ0n) is 15.2. The molecule has 2 aromatic rings. The van der Waals surface area contributed by atoms with Crippen LogP contribution in [0.1, 0.15) is 62.5 Å². The summed E-state index contributed by atoms with van der Waals surface area (Å²) < 4.78 is 0. The summed E-state index contributed by atoms with van der Waals surface area (Å²) in [4.78, 5) is 21.1. The average Bonchev–Trinajstić information content (AvgIpc) is 3.08. The Hall–Kier alpha value is -2.43. The van der Waals surface area contributed by atoms with Crippen molar-refractivity contribution in [2.24, 2.45) is 0 Å². The molecule has 2 N–H and O–H groups in total. The van der Waals surface area contributed by atoms with Gasteiger partial charge in [0.05, 0.1) is 12.4 Å². The van der Waals surface area contributed by atoms with Crippen LogP contribution in [0.4, 0.5) is 11.5 Å². The number of nitrogens with one attached hydrogen (secondary N) is 2. The number of carbonyl (C=O) groups is 1. The van der Waals surface area contributed by atoms with Crippen LogP contribution in [0.5, 0.6) is 0 Å². The van der Waals surface area contributed by atoms with Crippen molar-refractivity contribution in [3.63, 3.8) is 0 Å². The first-order valence-electron chi connectivity index (χ1n) is 8.93. The zero-order chi connectivity index (χ0) is 17.9. The van der Waals surface area contributed by atoms with Gasteiger partial charge in [-0.15, -0.1) is 0 Å². The lowest BCUT2D eigenvalue weighted by Crippen LogP contribution is -2.20. The number of hydrogen-bond donors (Lipinski definition) is 2. The Morgan fingerprint density at radius 3 is 2.44 bits per heavy atom. The van der Waals surface area contributed by atoms with Gasteiger partial charge in [0.1, 0.15) is 11.5 Å². The lowest BCUT2D eigenvalue weighted by Gasteiger charge is -2.22. The summed E-state index contributed by atoms with van der Waals surface area (Å²) in [6.45, 7) is 6.38. The molecule has 1 aromatic carbocycles. The van der Waals surface area contributed by atoms with E-state index in [1.165, 1.54) is 31.9 Å². The molecule has 3 rings (SSSR count). The second-order valence-electron chi connectivity index (χ2n) is 7.66. The molecule has 132 valence electrons. The number of rotatable bonds is 4. The van der Waals surface area contributed by atoms with Crippen molar-refractivity contribution in [2.45, 2.75) is 57.9 Å². The molecule has 1 saturated carbocycles. The highest BCUT2D eigenvalue weighted by Gasteiger charge is 2.20. The number of carbonyl (C=O) groups excluding carboxylic acids is 1. The highest BCUT2D eigenvalue weighted by Crippen LogP contribution is 2.29. The molecular formula is C20H26N4O. The first-order valence-corrected chi connectivity index (χ1v) is 8.93. The number of nitrogens with zero attached hydrogens (tertiary/aromatic N) is 2. The number of benzene rings is 1. The maximum atomic E-state index is 12.5. The van der Waals surface area contributed by atoms with E-state index in [0.29, 0.717) is 11.7 Å². The summed E-state index contributed by atoms with van der Waals surface area (Å²) in [7, 11) is 0. The van der Waals surface area contributed by atoms with Gasteiger partial charge in [-0.2, -0.15) is 0 Å². The standard InChI is InChI=1S/C20H26N4O/c1-20(2,3)15-10-6-7-11-16(15)24-19(25)17-12-22-18(13-21-17)23-14-8-4-5-9-14/h6-7,10-14H,4-5,8-9H2,1-3H3,(H,22,23)(H,24,25). The fraction of sp³-hybridized carbons (Fsp3) is 0.450. The number of aromatic nitrogens is 2. The molecule has 0 atom stereocenters. The molecule has 1 amide bonds.